The van der Waals surface area contributed by atoms with E-state index in [0.29, 0.717) is 5.75 Å². The van der Waals surface area contributed by atoms with Crippen molar-refractivity contribution in [3.05, 3.63) is 24.0 Å². The summed E-state index contributed by atoms with van der Waals surface area (Å²) in [7, 11) is 1.61. The molecule has 1 heterocycles. The first-order chi connectivity index (χ1) is 5.86. The second kappa shape index (κ2) is 4.68. The lowest BCUT2D eigenvalue weighted by molar-refractivity contribution is 0.413. The van der Waals surface area contributed by atoms with Crippen LogP contribution in [0.5, 0.6) is 5.75 Å². The van der Waals surface area contributed by atoms with Crippen LogP contribution in [-0.2, 0) is 0 Å². The van der Waals surface area contributed by atoms with Gasteiger partial charge in [-0.1, -0.05) is 5.92 Å². The minimum atomic E-state index is 0.549. The van der Waals surface area contributed by atoms with Crippen LogP contribution in [-0.4, -0.2) is 17.8 Å². The third kappa shape index (κ3) is 2.48. The van der Waals surface area contributed by atoms with Gasteiger partial charge in [0.1, 0.15) is 11.4 Å². The van der Waals surface area contributed by atoms with E-state index in [1.165, 1.54) is 0 Å². The first-order valence-corrected chi connectivity index (χ1v) is 4.10. The number of hydrogen-bond donors (Lipinski definition) is 1. The Labute approximate surface area is 77.4 Å². The van der Waals surface area contributed by atoms with Crippen LogP contribution in [0.2, 0.25) is 0 Å². The quantitative estimate of drug-likeness (QED) is 0.519. The number of hydrogen-bond acceptors (Lipinski definition) is 3. The van der Waals surface area contributed by atoms with E-state index in [1.54, 1.807) is 13.3 Å². The number of thiol groups is 1. The van der Waals surface area contributed by atoms with Gasteiger partial charge >= 0.3 is 0 Å². The SMILES string of the molecule is COc1ccc(C#CCS)nc1. The first kappa shape index (κ1) is 8.95. The van der Waals surface area contributed by atoms with Crippen molar-refractivity contribution in [2.75, 3.05) is 12.9 Å². The van der Waals surface area contributed by atoms with Crippen LogP contribution in [0.15, 0.2) is 18.3 Å². The van der Waals surface area contributed by atoms with Crippen molar-refractivity contribution in [3.8, 4) is 17.6 Å². The van der Waals surface area contributed by atoms with E-state index in [1.807, 2.05) is 12.1 Å². The number of pyridine rings is 1. The molecule has 0 unspecified atom stereocenters. The Hall–Kier alpha value is -1.14. The van der Waals surface area contributed by atoms with Crippen molar-refractivity contribution in [2.24, 2.45) is 0 Å². The van der Waals surface area contributed by atoms with Gasteiger partial charge in [0, 0.05) is 0 Å². The van der Waals surface area contributed by atoms with E-state index < -0.39 is 0 Å². The fourth-order valence-electron chi connectivity index (χ4n) is 0.705. The zero-order chi connectivity index (χ0) is 8.81. The standard InChI is InChI=1S/C9H9NOS/c1-11-9-5-4-8(10-7-9)3-2-6-12/h4-5,7,12H,6H2,1H3. The van der Waals surface area contributed by atoms with E-state index in [0.717, 1.165) is 11.4 Å². The van der Waals surface area contributed by atoms with Crippen molar-refractivity contribution >= 4 is 12.6 Å². The molecule has 2 nitrogen and oxygen atoms in total. The lowest BCUT2D eigenvalue weighted by atomic mass is 10.3. The van der Waals surface area contributed by atoms with Crippen LogP contribution in [0, 0.1) is 11.8 Å². The number of aromatic nitrogens is 1. The smallest absolute Gasteiger partial charge is 0.137 e. The van der Waals surface area contributed by atoms with Gasteiger partial charge in [-0.15, -0.1) is 0 Å². The molecule has 0 aliphatic rings. The normalized spacial score (nSPS) is 8.50. The lowest BCUT2D eigenvalue weighted by Crippen LogP contribution is -1.85. The summed E-state index contributed by atoms with van der Waals surface area (Å²) in [6, 6.07) is 3.64. The summed E-state index contributed by atoms with van der Waals surface area (Å²) in [4.78, 5) is 4.05. The average Bonchev–Trinajstić information content (AvgIpc) is 2.15. The molecular weight excluding hydrogens is 170 g/mol. The van der Waals surface area contributed by atoms with Gasteiger partial charge in [-0.25, -0.2) is 4.98 Å². The predicted molar refractivity (Wildman–Crippen MR) is 51.5 cm³/mol. The van der Waals surface area contributed by atoms with Crippen molar-refractivity contribution in [3.63, 3.8) is 0 Å². The van der Waals surface area contributed by atoms with Gasteiger partial charge in [-0.05, 0) is 18.1 Å². The van der Waals surface area contributed by atoms with E-state index in [-0.39, 0.29) is 0 Å². The molecular formula is C9H9NOS. The predicted octanol–water partition coefficient (Wildman–Crippen LogP) is 1.37. The summed E-state index contributed by atoms with van der Waals surface area (Å²) in [5, 5.41) is 0. The fraction of sp³-hybridized carbons (Fsp3) is 0.222. The number of ether oxygens (including phenoxy) is 1. The molecule has 0 saturated carbocycles. The third-order valence-electron chi connectivity index (χ3n) is 1.27. The van der Waals surface area contributed by atoms with Gasteiger partial charge < -0.3 is 4.74 Å². The Morgan fingerprint density at radius 2 is 2.42 bits per heavy atom. The molecule has 12 heavy (non-hydrogen) atoms. The molecule has 1 aromatic heterocycles. The Bertz CT molecular complexity index is 297. The molecule has 0 fully saturated rings. The van der Waals surface area contributed by atoms with Gasteiger partial charge in [-0.2, -0.15) is 12.6 Å². The Balaban J connectivity index is 2.78. The largest absolute Gasteiger partial charge is 0.495 e. The highest BCUT2D eigenvalue weighted by Gasteiger charge is 1.90. The highest BCUT2D eigenvalue weighted by Crippen LogP contribution is 2.06. The van der Waals surface area contributed by atoms with Gasteiger partial charge in [0.15, 0.2) is 0 Å². The molecule has 0 aliphatic heterocycles. The molecule has 0 radical (unpaired) electrons. The van der Waals surface area contributed by atoms with Crippen molar-refractivity contribution in [1.29, 1.82) is 0 Å². The lowest BCUT2D eigenvalue weighted by Gasteiger charge is -1.96. The van der Waals surface area contributed by atoms with E-state index in [2.05, 4.69) is 29.5 Å². The van der Waals surface area contributed by atoms with Gasteiger partial charge in [0.05, 0.1) is 19.1 Å². The molecule has 3 heteroatoms. The summed E-state index contributed by atoms with van der Waals surface area (Å²) in [6.07, 6.45) is 1.64. The van der Waals surface area contributed by atoms with Crippen LogP contribution >= 0.6 is 12.6 Å². The van der Waals surface area contributed by atoms with Gasteiger partial charge in [0.25, 0.3) is 0 Å². The Morgan fingerprint density at radius 3 is 2.92 bits per heavy atom. The van der Waals surface area contributed by atoms with Gasteiger partial charge in [-0.3, -0.25) is 0 Å². The number of nitrogens with zero attached hydrogens (tertiary/aromatic N) is 1. The molecule has 0 N–H and O–H groups in total. The minimum absolute atomic E-state index is 0.549. The highest BCUT2D eigenvalue weighted by atomic mass is 32.1. The average molecular weight is 179 g/mol. The van der Waals surface area contributed by atoms with Crippen molar-refractivity contribution in [2.45, 2.75) is 0 Å². The molecule has 0 atom stereocenters. The third-order valence-corrected chi connectivity index (χ3v) is 1.43. The monoisotopic (exact) mass is 179 g/mol. The summed E-state index contributed by atoms with van der Waals surface area (Å²) in [5.41, 5.74) is 0.741. The van der Waals surface area contributed by atoms with E-state index >= 15 is 0 Å². The molecule has 0 spiro atoms. The fourth-order valence-corrected chi connectivity index (χ4v) is 0.784. The topological polar surface area (TPSA) is 22.1 Å². The van der Waals surface area contributed by atoms with Crippen molar-refractivity contribution in [1.82, 2.24) is 4.98 Å². The molecule has 0 aliphatic carbocycles. The van der Waals surface area contributed by atoms with Crippen molar-refractivity contribution < 1.29 is 4.74 Å². The first-order valence-electron chi connectivity index (χ1n) is 3.46. The maximum absolute atomic E-state index is 4.95. The Kier molecular flexibility index (Phi) is 3.49. The van der Waals surface area contributed by atoms with Crippen LogP contribution in [0.1, 0.15) is 5.69 Å². The maximum Gasteiger partial charge on any atom is 0.137 e. The molecule has 62 valence electrons. The molecule has 0 bridgehead atoms. The van der Waals surface area contributed by atoms with E-state index in [9.17, 15) is 0 Å². The second-order valence-electron chi connectivity index (χ2n) is 2.04. The van der Waals surface area contributed by atoms with Crippen LogP contribution in [0.4, 0.5) is 0 Å². The summed E-state index contributed by atoms with van der Waals surface area (Å²) >= 11 is 3.96. The zero-order valence-corrected chi connectivity index (χ0v) is 7.64. The molecule has 0 amide bonds. The molecule has 0 aromatic carbocycles. The zero-order valence-electron chi connectivity index (χ0n) is 6.74. The summed E-state index contributed by atoms with van der Waals surface area (Å²) < 4.78 is 4.95. The molecule has 1 aromatic rings. The number of rotatable bonds is 1. The minimum Gasteiger partial charge on any atom is -0.495 e. The van der Waals surface area contributed by atoms with Crippen LogP contribution < -0.4 is 4.74 Å². The van der Waals surface area contributed by atoms with Gasteiger partial charge in [0.2, 0.25) is 0 Å². The second-order valence-corrected chi connectivity index (χ2v) is 2.36. The highest BCUT2D eigenvalue weighted by molar-refractivity contribution is 7.80. The summed E-state index contributed by atoms with van der Waals surface area (Å²) in [6.45, 7) is 0. The number of methoxy groups -OCH3 is 1. The summed E-state index contributed by atoms with van der Waals surface area (Å²) in [5.74, 6) is 6.96. The van der Waals surface area contributed by atoms with Crippen LogP contribution in [0.25, 0.3) is 0 Å². The molecule has 0 saturated heterocycles. The Morgan fingerprint density at radius 1 is 1.58 bits per heavy atom. The van der Waals surface area contributed by atoms with Crippen LogP contribution in [0.3, 0.4) is 0 Å². The maximum atomic E-state index is 4.95. The molecule has 1 rings (SSSR count). The van der Waals surface area contributed by atoms with E-state index in [4.69, 9.17) is 4.74 Å².